The molecule has 0 aromatic heterocycles. The van der Waals surface area contributed by atoms with Gasteiger partial charge in [0, 0.05) is 18.9 Å². The zero-order chi connectivity index (χ0) is 25.6. The number of ketones is 2. The topological polar surface area (TPSA) is 61.8 Å². The van der Waals surface area contributed by atoms with E-state index in [4.69, 9.17) is 14.2 Å². The number of hydrogen-bond acceptors (Lipinski definition) is 5. The van der Waals surface area contributed by atoms with Crippen LogP contribution in [0, 0.1) is 5.92 Å². The van der Waals surface area contributed by atoms with Crippen molar-refractivity contribution >= 4 is 11.6 Å². The molecule has 0 aliphatic heterocycles. The molecule has 3 aromatic carbocycles. The molecule has 0 spiro atoms. The van der Waals surface area contributed by atoms with Crippen molar-refractivity contribution in [1.82, 2.24) is 0 Å². The molecule has 0 saturated carbocycles. The molecule has 5 heteroatoms. The summed E-state index contributed by atoms with van der Waals surface area (Å²) in [6, 6.07) is 25.6. The van der Waals surface area contributed by atoms with Crippen LogP contribution >= 0.6 is 0 Å². The van der Waals surface area contributed by atoms with E-state index >= 15 is 0 Å². The first-order valence-corrected chi connectivity index (χ1v) is 12.8. The summed E-state index contributed by atoms with van der Waals surface area (Å²) in [5.41, 5.74) is 2.14. The monoisotopic (exact) mass is 488 g/mol. The van der Waals surface area contributed by atoms with Crippen molar-refractivity contribution < 1.29 is 23.8 Å². The SMILES string of the molecule is CCC(=O)C(CCCCOc1ccc(OCc2ccccc2)c(OCc2ccccc2)c1)C(=O)CC. The number of Topliss-reactive ketones (excluding diaryl/α,β-unsaturated/α-hetero) is 2. The smallest absolute Gasteiger partial charge is 0.165 e. The number of carbonyl (C=O) groups is 2. The third kappa shape index (κ3) is 8.56. The molecule has 5 nitrogen and oxygen atoms in total. The van der Waals surface area contributed by atoms with Crippen LogP contribution in [0.15, 0.2) is 78.9 Å². The average Bonchev–Trinajstić information content (AvgIpc) is 2.93. The number of ether oxygens (including phenoxy) is 3. The molecule has 3 aromatic rings. The van der Waals surface area contributed by atoms with Gasteiger partial charge in [0.25, 0.3) is 0 Å². The molecule has 0 heterocycles. The summed E-state index contributed by atoms with van der Waals surface area (Å²) < 4.78 is 18.1. The standard InChI is InChI=1S/C31H36O5/c1-3-28(32)27(29(33)4-2)17-11-12-20-34-26-18-19-30(35-22-24-13-7-5-8-14-24)31(21-26)36-23-25-15-9-6-10-16-25/h5-10,13-16,18-19,21,27H,3-4,11-12,17,20,22-23H2,1-2H3. The van der Waals surface area contributed by atoms with Crippen LogP contribution in [0.4, 0.5) is 0 Å². The van der Waals surface area contributed by atoms with E-state index in [-0.39, 0.29) is 11.6 Å². The summed E-state index contributed by atoms with van der Waals surface area (Å²) in [4.78, 5) is 24.2. The predicted octanol–water partition coefficient (Wildman–Crippen LogP) is 6.97. The largest absolute Gasteiger partial charge is 0.493 e. The second-order valence-electron chi connectivity index (χ2n) is 8.69. The Hall–Kier alpha value is -3.60. The van der Waals surface area contributed by atoms with E-state index in [0.29, 0.717) is 56.3 Å². The van der Waals surface area contributed by atoms with E-state index in [0.717, 1.165) is 24.0 Å². The lowest BCUT2D eigenvalue weighted by molar-refractivity contribution is -0.132. The van der Waals surface area contributed by atoms with E-state index < -0.39 is 5.92 Å². The van der Waals surface area contributed by atoms with Crippen molar-refractivity contribution in [3.05, 3.63) is 90.0 Å². The second-order valence-corrected chi connectivity index (χ2v) is 8.69. The van der Waals surface area contributed by atoms with Gasteiger partial charge in [-0.05, 0) is 42.5 Å². The maximum absolute atomic E-state index is 12.1. The summed E-state index contributed by atoms with van der Waals surface area (Å²) >= 11 is 0. The molecule has 0 N–H and O–H groups in total. The van der Waals surface area contributed by atoms with Crippen LogP contribution in [0.3, 0.4) is 0 Å². The van der Waals surface area contributed by atoms with Crippen LogP contribution in [0.1, 0.15) is 57.1 Å². The Morgan fingerprint density at radius 3 is 1.78 bits per heavy atom. The molecular weight excluding hydrogens is 452 g/mol. The zero-order valence-electron chi connectivity index (χ0n) is 21.3. The van der Waals surface area contributed by atoms with Gasteiger partial charge in [-0.3, -0.25) is 9.59 Å². The van der Waals surface area contributed by atoms with E-state index in [1.807, 2.05) is 92.7 Å². The summed E-state index contributed by atoms with van der Waals surface area (Å²) in [6.07, 6.45) is 2.91. The van der Waals surface area contributed by atoms with Crippen LogP contribution in [-0.2, 0) is 22.8 Å². The maximum Gasteiger partial charge on any atom is 0.165 e. The molecule has 36 heavy (non-hydrogen) atoms. The Bertz CT molecular complexity index is 1060. The van der Waals surface area contributed by atoms with Crippen LogP contribution in [0.25, 0.3) is 0 Å². The summed E-state index contributed by atoms with van der Waals surface area (Å²) in [6.45, 7) is 4.98. The van der Waals surface area contributed by atoms with Crippen LogP contribution in [0.2, 0.25) is 0 Å². The Labute approximate surface area is 214 Å². The van der Waals surface area contributed by atoms with E-state index in [2.05, 4.69) is 0 Å². The molecule has 0 saturated heterocycles. The Morgan fingerprint density at radius 1 is 0.667 bits per heavy atom. The Kier molecular flexibility index (Phi) is 11.0. The zero-order valence-corrected chi connectivity index (χ0v) is 21.3. The maximum atomic E-state index is 12.1. The van der Waals surface area contributed by atoms with Crippen molar-refractivity contribution in [3.8, 4) is 17.2 Å². The van der Waals surface area contributed by atoms with Crippen molar-refractivity contribution in [2.75, 3.05) is 6.61 Å². The predicted molar refractivity (Wildman–Crippen MR) is 141 cm³/mol. The van der Waals surface area contributed by atoms with E-state index in [1.165, 1.54) is 0 Å². The number of unbranched alkanes of at least 4 members (excludes halogenated alkanes) is 1. The molecule has 0 aliphatic carbocycles. The summed E-state index contributed by atoms with van der Waals surface area (Å²) in [5.74, 6) is 1.56. The highest BCUT2D eigenvalue weighted by Crippen LogP contribution is 2.33. The minimum absolute atomic E-state index is 0.0362. The third-order valence-corrected chi connectivity index (χ3v) is 6.02. The van der Waals surface area contributed by atoms with Gasteiger partial charge in [-0.1, -0.05) is 74.5 Å². The van der Waals surface area contributed by atoms with Crippen molar-refractivity contribution in [3.63, 3.8) is 0 Å². The Balaban J connectivity index is 1.58. The highest BCUT2D eigenvalue weighted by Gasteiger charge is 2.22. The quantitative estimate of drug-likeness (QED) is 0.161. The molecular formula is C31H36O5. The van der Waals surface area contributed by atoms with Gasteiger partial charge in [0.2, 0.25) is 0 Å². The van der Waals surface area contributed by atoms with Crippen LogP contribution in [-0.4, -0.2) is 18.2 Å². The summed E-state index contributed by atoms with van der Waals surface area (Å²) in [7, 11) is 0. The molecule has 0 fully saturated rings. The summed E-state index contributed by atoms with van der Waals surface area (Å²) in [5, 5.41) is 0. The lowest BCUT2D eigenvalue weighted by Crippen LogP contribution is -2.23. The minimum Gasteiger partial charge on any atom is -0.493 e. The minimum atomic E-state index is -0.473. The fraction of sp³-hybridized carbons (Fsp3) is 0.355. The fourth-order valence-electron chi connectivity index (χ4n) is 3.92. The molecule has 0 atom stereocenters. The van der Waals surface area contributed by atoms with Crippen LogP contribution in [0.5, 0.6) is 17.2 Å². The molecule has 0 amide bonds. The fourth-order valence-corrected chi connectivity index (χ4v) is 3.92. The molecule has 190 valence electrons. The first-order chi connectivity index (χ1) is 17.6. The first kappa shape index (κ1) is 27.0. The van der Waals surface area contributed by atoms with E-state index in [1.54, 1.807) is 0 Å². The van der Waals surface area contributed by atoms with Gasteiger partial charge in [-0.25, -0.2) is 0 Å². The van der Waals surface area contributed by atoms with Gasteiger partial charge >= 0.3 is 0 Å². The van der Waals surface area contributed by atoms with Crippen molar-refractivity contribution in [1.29, 1.82) is 0 Å². The van der Waals surface area contributed by atoms with Crippen molar-refractivity contribution in [2.24, 2.45) is 5.92 Å². The van der Waals surface area contributed by atoms with Crippen molar-refractivity contribution in [2.45, 2.75) is 59.2 Å². The Morgan fingerprint density at radius 2 is 1.22 bits per heavy atom. The lowest BCUT2D eigenvalue weighted by atomic mass is 9.90. The highest BCUT2D eigenvalue weighted by atomic mass is 16.5. The number of hydrogen-bond donors (Lipinski definition) is 0. The molecule has 3 rings (SSSR count). The lowest BCUT2D eigenvalue weighted by Gasteiger charge is -2.15. The van der Waals surface area contributed by atoms with Gasteiger partial charge in [-0.15, -0.1) is 0 Å². The van der Waals surface area contributed by atoms with Gasteiger partial charge < -0.3 is 14.2 Å². The van der Waals surface area contributed by atoms with E-state index in [9.17, 15) is 9.59 Å². The highest BCUT2D eigenvalue weighted by molar-refractivity contribution is 6.02. The average molecular weight is 489 g/mol. The second kappa shape index (κ2) is 14.7. The number of benzene rings is 3. The number of rotatable bonds is 16. The first-order valence-electron chi connectivity index (χ1n) is 12.8. The van der Waals surface area contributed by atoms with Crippen LogP contribution < -0.4 is 14.2 Å². The molecule has 0 radical (unpaired) electrons. The third-order valence-electron chi connectivity index (χ3n) is 6.02. The molecule has 0 unspecified atom stereocenters. The number of carbonyl (C=O) groups excluding carboxylic acids is 2. The normalized spacial score (nSPS) is 10.8. The van der Waals surface area contributed by atoms with Gasteiger partial charge in [-0.2, -0.15) is 0 Å². The molecule has 0 bridgehead atoms. The van der Waals surface area contributed by atoms with Gasteiger partial charge in [0.15, 0.2) is 11.5 Å². The van der Waals surface area contributed by atoms with Gasteiger partial charge in [0.05, 0.1) is 12.5 Å². The molecule has 0 aliphatic rings. The van der Waals surface area contributed by atoms with Gasteiger partial charge in [0.1, 0.15) is 30.5 Å².